The summed E-state index contributed by atoms with van der Waals surface area (Å²) in [5, 5.41) is 12.2. The average Bonchev–Trinajstić information content (AvgIpc) is 2.90. The number of likely N-dealkylation sites (N-methyl/N-ethyl adjacent to an activating group) is 3. The highest BCUT2D eigenvalue weighted by Gasteiger charge is 2.17. The Morgan fingerprint density at radius 3 is 1.60 bits per heavy atom. The molecule has 42 heavy (non-hydrogen) atoms. The van der Waals surface area contributed by atoms with Crippen LogP contribution in [0.25, 0.3) is 0 Å². The number of aliphatic hydroxyl groups is 1. The minimum atomic E-state index is -0.290. The fourth-order valence-electron chi connectivity index (χ4n) is 4.06. The molecule has 0 unspecified atom stereocenters. The average molecular weight is 605 g/mol. The van der Waals surface area contributed by atoms with Crippen LogP contribution >= 0.6 is 0 Å². The second kappa shape index (κ2) is 26.2. The first-order valence-corrected chi connectivity index (χ1v) is 14.7. The Bertz CT molecular complexity index is 692. The molecule has 0 spiro atoms. The van der Waals surface area contributed by atoms with Gasteiger partial charge in [0.2, 0.25) is 23.6 Å². The first-order chi connectivity index (χ1) is 19.7. The normalized spacial score (nSPS) is 16.4. The maximum atomic E-state index is 10.5. The number of nitrogens with zero attached hydrogens (tertiary/aromatic N) is 5. The van der Waals surface area contributed by atoms with E-state index in [0.717, 1.165) is 84.7 Å². The van der Waals surface area contributed by atoms with Gasteiger partial charge in [0.1, 0.15) is 0 Å². The van der Waals surface area contributed by atoms with E-state index in [-0.39, 0.29) is 29.7 Å². The zero-order chi connectivity index (χ0) is 32.5. The Balaban J connectivity index is 0. The van der Waals surface area contributed by atoms with Crippen molar-refractivity contribution in [2.24, 2.45) is 22.9 Å². The fraction of sp³-hybridized carbons (Fsp3) is 0.852. The topological polar surface area (TPSA) is 221 Å². The van der Waals surface area contributed by atoms with E-state index in [2.05, 4.69) is 22.2 Å². The molecule has 0 aromatic rings. The van der Waals surface area contributed by atoms with Gasteiger partial charge in [0.05, 0.1) is 32.3 Å². The van der Waals surface area contributed by atoms with Gasteiger partial charge in [-0.3, -0.25) is 38.8 Å². The Morgan fingerprint density at radius 1 is 0.786 bits per heavy atom. The molecular weight excluding hydrogens is 544 g/mol. The number of nitrogens with two attached hydrogens (primary N) is 4. The Kier molecular flexibility index (Phi) is 26.1. The molecule has 0 saturated carbocycles. The molecule has 2 saturated heterocycles. The quantitative estimate of drug-likeness (QED) is 0.107. The number of hydrogen-bond acceptors (Lipinski definition) is 11. The van der Waals surface area contributed by atoms with Gasteiger partial charge in [-0.05, 0) is 66.6 Å². The van der Waals surface area contributed by atoms with Gasteiger partial charge in [-0.1, -0.05) is 13.8 Å². The molecule has 15 nitrogen and oxygen atoms in total. The molecule has 2 aliphatic heterocycles. The number of hydrogen-bond donors (Lipinski definition) is 6. The summed E-state index contributed by atoms with van der Waals surface area (Å²) in [6, 6.07) is 0. The van der Waals surface area contributed by atoms with Crippen molar-refractivity contribution >= 4 is 23.6 Å². The van der Waals surface area contributed by atoms with Gasteiger partial charge in [-0.25, -0.2) is 0 Å². The van der Waals surface area contributed by atoms with Crippen molar-refractivity contribution < 1.29 is 24.3 Å². The third-order valence-corrected chi connectivity index (χ3v) is 6.58. The van der Waals surface area contributed by atoms with E-state index in [1.54, 1.807) is 0 Å². The van der Waals surface area contributed by atoms with Crippen LogP contribution in [0.2, 0.25) is 0 Å². The van der Waals surface area contributed by atoms with E-state index in [1.807, 2.05) is 42.6 Å². The third-order valence-electron chi connectivity index (χ3n) is 6.58. The minimum absolute atomic E-state index is 0.181. The zero-order valence-electron chi connectivity index (χ0n) is 26.7. The van der Waals surface area contributed by atoms with E-state index in [1.165, 1.54) is 0 Å². The van der Waals surface area contributed by atoms with Gasteiger partial charge >= 0.3 is 0 Å². The van der Waals surface area contributed by atoms with E-state index < -0.39 is 0 Å². The highest BCUT2D eigenvalue weighted by atomic mass is 16.3. The van der Waals surface area contributed by atoms with Crippen LogP contribution < -0.4 is 28.3 Å². The first kappa shape index (κ1) is 41.7. The maximum absolute atomic E-state index is 10.5. The number of amides is 4. The molecule has 2 fully saturated rings. The SMILES string of the molecule is CCN(CC)CC(N)=O.CN1CCN(CC(N)=O)CC1.CNCCCN(C)CC(N)=O.NC(=O)CN1CCC(O)CC1. The van der Waals surface area contributed by atoms with Gasteiger partial charge in [0.15, 0.2) is 0 Å². The molecule has 0 aromatic carbocycles. The summed E-state index contributed by atoms with van der Waals surface area (Å²) in [6.45, 7) is 14.7. The third kappa shape index (κ3) is 27.8. The van der Waals surface area contributed by atoms with E-state index in [4.69, 9.17) is 28.0 Å². The van der Waals surface area contributed by atoms with Crippen LogP contribution in [0.5, 0.6) is 0 Å². The first-order valence-electron chi connectivity index (χ1n) is 14.7. The van der Waals surface area contributed by atoms with Crippen molar-refractivity contribution in [1.29, 1.82) is 0 Å². The molecule has 0 atom stereocenters. The van der Waals surface area contributed by atoms with Gasteiger partial charge in [-0.15, -0.1) is 0 Å². The molecular formula is C27H60N10O5. The van der Waals surface area contributed by atoms with Crippen LogP contribution in [-0.4, -0.2) is 172 Å². The molecule has 0 radical (unpaired) electrons. The smallest absolute Gasteiger partial charge is 0.231 e. The van der Waals surface area contributed by atoms with E-state index >= 15 is 0 Å². The molecule has 0 aliphatic carbocycles. The second-order valence-electron chi connectivity index (χ2n) is 10.6. The molecule has 4 amide bonds. The number of carbonyl (C=O) groups excluding carboxylic acids is 4. The lowest BCUT2D eigenvalue weighted by molar-refractivity contribution is -0.120. The predicted octanol–water partition coefficient (Wildman–Crippen LogP) is -3.53. The number of rotatable bonds is 14. The maximum Gasteiger partial charge on any atom is 0.231 e. The van der Waals surface area contributed by atoms with Gasteiger partial charge < -0.3 is 38.3 Å². The van der Waals surface area contributed by atoms with Crippen LogP contribution in [0, 0.1) is 0 Å². The number of primary amides is 4. The van der Waals surface area contributed by atoms with Crippen molar-refractivity contribution in [3.8, 4) is 0 Å². The predicted molar refractivity (Wildman–Crippen MR) is 166 cm³/mol. The standard InChI is InChI=1S/C7H15N3O.C7H17N3O.C7H14N2O2.C6H14N2O/c1-9-2-4-10(5-3-9)6-7(8)11;1-9-4-3-5-10(2)6-7(8)11;8-7(11)5-9-3-1-6(10)2-4-9;1-3-8(4-2)5-6(7)9/h2-6H2,1H3,(H2,8,11);9H,3-6H2,1-2H3,(H2,8,11);6,10H,1-5H2,(H2,8,11);3-5H2,1-2H3,(H2,7,9). The molecule has 2 aliphatic rings. The summed E-state index contributed by atoms with van der Waals surface area (Å²) in [5.41, 5.74) is 20.0. The molecule has 0 aromatic heterocycles. The Morgan fingerprint density at radius 2 is 1.24 bits per heavy atom. The van der Waals surface area contributed by atoms with Gasteiger partial charge in [0, 0.05) is 39.3 Å². The second-order valence-corrected chi connectivity index (χ2v) is 10.6. The lowest BCUT2D eigenvalue weighted by Crippen LogP contribution is -2.47. The number of aliphatic hydroxyl groups excluding tert-OH is 1. The van der Waals surface area contributed by atoms with Crippen LogP contribution in [0.1, 0.15) is 33.1 Å². The minimum Gasteiger partial charge on any atom is -0.393 e. The highest BCUT2D eigenvalue weighted by Crippen LogP contribution is 2.08. The van der Waals surface area contributed by atoms with E-state index in [9.17, 15) is 19.2 Å². The van der Waals surface area contributed by atoms with Crippen LogP contribution in [0.15, 0.2) is 0 Å². The molecule has 0 bridgehead atoms. The van der Waals surface area contributed by atoms with Crippen LogP contribution in [-0.2, 0) is 19.2 Å². The fourth-order valence-corrected chi connectivity index (χ4v) is 4.06. The molecule has 248 valence electrons. The Hall–Kier alpha value is -2.40. The highest BCUT2D eigenvalue weighted by molar-refractivity contribution is 5.76. The van der Waals surface area contributed by atoms with Crippen molar-refractivity contribution in [2.75, 3.05) is 113 Å². The monoisotopic (exact) mass is 604 g/mol. The van der Waals surface area contributed by atoms with E-state index in [0.29, 0.717) is 26.2 Å². The summed E-state index contributed by atoms with van der Waals surface area (Å²) < 4.78 is 0. The molecule has 15 heteroatoms. The summed E-state index contributed by atoms with van der Waals surface area (Å²) in [7, 11) is 5.89. The molecule has 2 rings (SSSR count). The van der Waals surface area contributed by atoms with Gasteiger partial charge in [0.25, 0.3) is 0 Å². The summed E-state index contributed by atoms with van der Waals surface area (Å²) >= 11 is 0. The zero-order valence-corrected chi connectivity index (χ0v) is 26.7. The number of piperidine rings is 1. The van der Waals surface area contributed by atoms with Crippen molar-refractivity contribution in [3.63, 3.8) is 0 Å². The van der Waals surface area contributed by atoms with Crippen LogP contribution in [0.4, 0.5) is 0 Å². The van der Waals surface area contributed by atoms with Crippen LogP contribution in [0.3, 0.4) is 0 Å². The lowest BCUT2D eigenvalue weighted by Gasteiger charge is -2.31. The van der Waals surface area contributed by atoms with Crippen molar-refractivity contribution in [1.82, 2.24) is 29.8 Å². The Labute approximate surface area is 252 Å². The van der Waals surface area contributed by atoms with Crippen molar-refractivity contribution in [3.05, 3.63) is 0 Å². The lowest BCUT2D eigenvalue weighted by atomic mass is 10.1. The molecule has 2 heterocycles. The summed E-state index contributed by atoms with van der Waals surface area (Å²) in [6.07, 6.45) is 2.38. The number of likely N-dealkylation sites (tertiary alicyclic amines) is 1. The summed E-state index contributed by atoms with van der Waals surface area (Å²) in [5.74, 6) is -1.04. The number of nitrogens with one attached hydrogen (secondary N) is 1. The number of piperazine rings is 1. The van der Waals surface area contributed by atoms with Gasteiger partial charge in [-0.2, -0.15) is 0 Å². The molecule has 10 N–H and O–H groups in total. The largest absolute Gasteiger partial charge is 0.393 e. The van der Waals surface area contributed by atoms with Crippen molar-refractivity contribution in [2.45, 2.75) is 39.2 Å². The summed E-state index contributed by atoms with van der Waals surface area (Å²) in [4.78, 5) is 51.9. The number of carbonyl (C=O) groups is 4.